The summed E-state index contributed by atoms with van der Waals surface area (Å²) in [7, 11) is 0. The molecule has 0 bridgehead atoms. The quantitative estimate of drug-likeness (QED) is 0.109. The minimum atomic E-state index is 0.467. The van der Waals surface area contributed by atoms with Crippen LogP contribution in [0.1, 0.15) is 33.4 Å². The van der Waals surface area contributed by atoms with Crippen LogP contribution in [0.5, 0.6) is 34.5 Å². The van der Waals surface area contributed by atoms with Crippen molar-refractivity contribution >= 4 is 23.2 Å². The van der Waals surface area contributed by atoms with E-state index in [0.29, 0.717) is 80.9 Å². The Morgan fingerprint density at radius 1 is 0.465 bits per heavy atom. The lowest BCUT2D eigenvalue weighted by Gasteiger charge is -2.11. The fourth-order valence-electron chi connectivity index (χ4n) is 6.97. The number of benzene rings is 6. The highest BCUT2D eigenvalue weighted by Crippen LogP contribution is 2.32. The summed E-state index contributed by atoms with van der Waals surface area (Å²) in [6.45, 7) is 1.95. The van der Waals surface area contributed by atoms with E-state index in [1.807, 2.05) is 117 Å². The maximum absolute atomic E-state index is 9.52. The molecule has 0 saturated heterocycles. The molecule has 0 unspecified atom stereocenters. The van der Waals surface area contributed by atoms with Crippen molar-refractivity contribution in [1.82, 2.24) is 33.6 Å². The van der Waals surface area contributed by atoms with Crippen molar-refractivity contribution < 1.29 is 14.2 Å². The Bertz CT molecular complexity index is 3450. The summed E-state index contributed by atoms with van der Waals surface area (Å²) in [5.74, 6) is 3.26. The number of rotatable bonds is 13. The molecule has 0 aliphatic carbocycles. The summed E-state index contributed by atoms with van der Waals surface area (Å²) in [6.07, 6.45) is 17.8. The van der Waals surface area contributed by atoms with Crippen molar-refractivity contribution in [2.24, 2.45) is 0 Å². The molecule has 0 amide bonds. The molecular formula is C56H40Cl2N10O3. The van der Waals surface area contributed by atoms with Crippen LogP contribution in [0.2, 0.25) is 10.0 Å². The third kappa shape index (κ3) is 13.6. The lowest BCUT2D eigenvalue weighted by molar-refractivity contribution is 0.477. The normalized spacial score (nSPS) is 10.2. The second-order valence-corrected chi connectivity index (χ2v) is 16.3. The average Bonchev–Trinajstić information content (AvgIpc) is 4.22. The zero-order valence-corrected chi connectivity index (χ0v) is 39.2. The van der Waals surface area contributed by atoms with Crippen LogP contribution in [0.25, 0.3) is 11.3 Å². The maximum Gasteiger partial charge on any atom is 0.146 e. The molecule has 6 aromatic carbocycles. The molecule has 0 atom stereocenters. The first-order valence-corrected chi connectivity index (χ1v) is 22.6. The largest absolute Gasteiger partial charge is 0.456 e. The fourth-order valence-corrected chi connectivity index (χ4v) is 7.33. The maximum atomic E-state index is 9.52. The molecule has 0 saturated carbocycles. The Balaban J connectivity index is 0.000000145. The van der Waals surface area contributed by atoms with Crippen LogP contribution < -0.4 is 14.2 Å². The highest BCUT2D eigenvalue weighted by molar-refractivity contribution is 6.32. The summed E-state index contributed by atoms with van der Waals surface area (Å²) in [5, 5.41) is 29.0. The van der Waals surface area contributed by atoms with E-state index in [-0.39, 0.29) is 0 Å². The first kappa shape index (κ1) is 48.0. The summed E-state index contributed by atoms with van der Waals surface area (Å²) < 4.78 is 23.3. The van der Waals surface area contributed by atoms with Crippen molar-refractivity contribution in [2.45, 2.75) is 19.6 Å². The standard InChI is InChI=1S/C23H16ClN3O.C17H12ClN3O.C16H12N4O/c24-20-7-4-8-21(12-20)28-23-10-9-17(11-19(23)13-25)14-27-15-22(26-16-27)18-5-2-1-3-6-18;18-15-3-1-2-4-16(15)22-17-9-13(5-6-14(17)10-19)11-21-8-7-20-12-21;17-9-14-4-3-13(11-20-7-6-19-12-20)8-16(14)21-15-2-1-5-18-10-15/h1-12,15-16H,14H2;1-9,12H,11H2;1-8,10,12H,11H2. The third-order valence-electron chi connectivity index (χ3n) is 10.4. The zero-order chi connectivity index (χ0) is 49.2. The first-order valence-electron chi connectivity index (χ1n) is 21.8. The van der Waals surface area contributed by atoms with Crippen LogP contribution in [-0.4, -0.2) is 33.6 Å². The van der Waals surface area contributed by atoms with Crippen LogP contribution >= 0.6 is 23.2 Å². The van der Waals surface area contributed by atoms with Gasteiger partial charge in [0, 0.05) is 67.4 Å². The highest BCUT2D eigenvalue weighted by Gasteiger charge is 2.12. The van der Waals surface area contributed by atoms with Crippen molar-refractivity contribution in [1.29, 1.82) is 15.8 Å². The molecule has 15 heteroatoms. The van der Waals surface area contributed by atoms with Crippen molar-refractivity contribution in [3.63, 3.8) is 0 Å². The molecule has 0 N–H and O–H groups in total. The van der Waals surface area contributed by atoms with Gasteiger partial charge in [0.15, 0.2) is 0 Å². The van der Waals surface area contributed by atoms with Gasteiger partial charge in [0.25, 0.3) is 0 Å². The van der Waals surface area contributed by atoms with Crippen LogP contribution in [-0.2, 0) is 19.6 Å². The Kier molecular flexibility index (Phi) is 16.2. The third-order valence-corrected chi connectivity index (χ3v) is 10.9. The van der Waals surface area contributed by atoms with E-state index in [9.17, 15) is 15.8 Å². The van der Waals surface area contributed by atoms with Crippen LogP contribution in [0.4, 0.5) is 0 Å². The number of para-hydroxylation sites is 1. The number of ether oxygens (including phenoxy) is 3. The van der Waals surface area contributed by atoms with Crippen LogP contribution in [0.15, 0.2) is 208 Å². The van der Waals surface area contributed by atoms with Gasteiger partial charge >= 0.3 is 0 Å². The Morgan fingerprint density at radius 2 is 1.07 bits per heavy atom. The van der Waals surface area contributed by atoms with Crippen molar-refractivity contribution in [3.8, 4) is 64.0 Å². The predicted molar refractivity (Wildman–Crippen MR) is 270 cm³/mol. The monoisotopic (exact) mass is 970 g/mol. The van der Waals surface area contributed by atoms with Gasteiger partial charge in [-0.1, -0.05) is 89.9 Å². The molecule has 71 heavy (non-hydrogen) atoms. The van der Waals surface area contributed by atoms with Gasteiger partial charge in [-0.3, -0.25) is 4.98 Å². The van der Waals surface area contributed by atoms with Crippen LogP contribution in [0, 0.1) is 34.0 Å². The van der Waals surface area contributed by atoms with Gasteiger partial charge in [-0.25, -0.2) is 15.0 Å². The number of hydrogen-bond donors (Lipinski definition) is 0. The van der Waals surface area contributed by atoms with E-state index < -0.39 is 0 Å². The van der Waals surface area contributed by atoms with Gasteiger partial charge in [0.2, 0.25) is 0 Å². The molecule has 346 valence electrons. The summed E-state index contributed by atoms with van der Waals surface area (Å²) in [5.41, 5.74) is 6.46. The Labute approximate surface area is 419 Å². The molecule has 13 nitrogen and oxygen atoms in total. The van der Waals surface area contributed by atoms with E-state index in [0.717, 1.165) is 27.9 Å². The molecule has 10 rings (SSSR count). The summed E-state index contributed by atoms with van der Waals surface area (Å²) in [6, 6.07) is 51.0. The average molecular weight is 972 g/mol. The van der Waals surface area contributed by atoms with Gasteiger partial charge in [-0.05, 0) is 95.6 Å². The second kappa shape index (κ2) is 24.0. The van der Waals surface area contributed by atoms with Crippen LogP contribution in [0.3, 0.4) is 0 Å². The first-order chi connectivity index (χ1) is 34.8. The van der Waals surface area contributed by atoms with Gasteiger partial charge in [0.05, 0.1) is 52.6 Å². The number of aromatic nitrogens is 7. The van der Waals surface area contributed by atoms with Crippen molar-refractivity contribution in [3.05, 3.63) is 251 Å². The SMILES string of the molecule is N#Cc1cc(Cn2cnc(-c3ccccc3)c2)ccc1Oc1cccc(Cl)c1.N#Cc1ccc(Cn2ccnc2)cc1Oc1ccccc1Cl.N#Cc1ccc(Cn2ccnc2)cc1Oc1cccnc1. The minimum Gasteiger partial charge on any atom is -0.456 e. The molecule has 0 aliphatic heterocycles. The predicted octanol–water partition coefficient (Wildman–Crippen LogP) is 13.2. The summed E-state index contributed by atoms with van der Waals surface area (Å²) in [4.78, 5) is 16.5. The second-order valence-electron chi connectivity index (χ2n) is 15.5. The Morgan fingerprint density at radius 3 is 1.69 bits per heavy atom. The molecule has 0 spiro atoms. The number of nitrogens with zero attached hydrogens (tertiary/aromatic N) is 10. The topological polar surface area (TPSA) is 165 Å². The van der Waals surface area contributed by atoms with E-state index in [1.165, 1.54) is 0 Å². The van der Waals surface area contributed by atoms with Gasteiger partial charge in [-0.15, -0.1) is 0 Å². The number of imidazole rings is 3. The minimum absolute atomic E-state index is 0.467. The molecular weight excluding hydrogens is 932 g/mol. The molecule has 10 aromatic rings. The number of pyridine rings is 1. The smallest absolute Gasteiger partial charge is 0.146 e. The van der Waals surface area contributed by atoms with E-state index in [4.69, 9.17) is 37.4 Å². The lowest BCUT2D eigenvalue weighted by atomic mass is 10.1. The fraction of sp³-hybridized carbons (Fsp3) is 0.0536. The summed E-state index contributed by atoms with van der Waals surface area (Å²) >= 11 is 12.1. The molecule has 4 heterocycles. The number of halogens is 2. The van der Waals surface area contributed by atoms with E-state index >= 15 is 0 Å². The Hall–Kier alpha value is -9.45. The molecule has 0 radical (unpaired) electrons. The number of hydrogen-bond acceptors (Lipinski definition) is 10. The van der Waals surface area contributed by atoms with Crippen molar-refractivity contribution in [2.75, 3.05) is 0 Å². The zero-order valence-electron chi connectivity index (χ0n) is 37.7. The lowest BCUT2D eigenvalue weighted by Crippen LogP contribution is -1.98. The van der Waals surface area contributed by atoms with E-state index in [2.05, 4.69) is 38.1 Å². The van der Waals surface area contributed by atoms with Gasteiger partial charge in [0.1, 0.15) is 52.7 Å². The highest BCUT2D eigenvalue weighted by atomic mass is 35.5. The molecule has 0 fully saturated rings. The molecule has 0 aliphatic rings. The molecule has 4 aromatic heterocycles. The van der Waals surface area contributed by atoms with Gasteiger partial charge in [-0.2, -0.15) is 15.8 Å². The number of nitriles is 3. The van der Waals surface area contributed by atoms with Gasteiger partial charge < -0.3 is 27.9 Å². The van der Waals surface area contributed by atoms with E-state index in [1.54, 1.807) is 104 Å².